The van der Waals surface area contributed by atoms with E-state index in [1.54, 1.807) is 0 Å². The average molecular weight is 242 g/mol. The number of unbranched alkanes of at least 4 members (excludes halogenated alkanes) is 3. The molecule has 1 heteroatoms. The third kappa shape index (κ3) is 4.99. The van der Waals surface area contributed by atoms with E-state index < -0.39 is 0 Å². The van der Waals surface area contributed by atoms with Gasteiger partial charge in [0.15, 0.2) is 0 Å². The van der Waals surface area contributed by atoms with E-state index in [9.17, 15) is 5.11 Å². The van der Waals surface area contributed by atoms with Crippen LogP contribution in [0.4, 0.5) is 0 Å². The van der Waals surface area contributed by atoms with Crippen LogP contribution in [0.5, 0.6) is 0 Å². The lowest BCUT2D eigenvalue weighted by Crippen LogP contribution is -2.39. The topological polar surface area (TPSA) is 20.2 Å². The molecule has 0 spiro atoms. The molecular formula is C16H34O. The highest BCUT2D eigenvalue weighted by Gasteiger charge is 2.37. The molecule has 3 atom stereocenters. The summed E-state index contributed by atoms with van der Waals surface area (Å²) < 4.78 is 0. The molecule has 0 fully saturated rings. The fourth-order valence-corrected chi connectivity index (χ4v) is 3.18. The Bertz CT molecular complexity index is 176. The predicted molar refractivity (Wildman–Crippen MR) is 77.2 cm³/mol. The summed E-state index contributed by atoms with van der Waals surface area (Å²) in [6.07, 6.45) is 9.81. The van der Waals surface area contributed by atoms with E-state index in [2.05, 4.69) is 27.7 Å². The van der Waals surface area contributed by atoms with Gasteiger partial charge in [-0.3, -0.25) is 0 Å². The van der Waals surface area contributed by atoms with Crippen molar-refractivity contribution < 1.29 is 5.11 Å². The highest BCUT2D eigenvalue weighted by molar-refractivity contribution is 4.87. The fourth-order valence-electron chi connectivity index (χ4n) is 3.18. The van der Waals surface area contributed by atoms with Gasteiger partial charge < -0.3 is 5.11 Å². The molecular weight excluding hydrogens is 208 g/mol. The number of aliphatic hydroxyl groups is 1. The molecule has 0 heterocycles. The van der Waals surface area contributed by atoms with Crippen LogP contribution in [0.1, 0.15) is 86.0 Å². The van der Waals surface area contributed by atoms with Crippen molar-refractivity contribution in [3.63, 3.8) is 0 Å². The number of hydrogen-bond donors (Lipinski definition) is 1. The molecule has 1 N–H and O–H groups in total. The summed E-state index contributed by atoms with van der Waals surface area (Å²) in [5.41, 5.74) is 0.156. The molecule has 17 heavy (non-hydrogen) atoms. The molecule has 0 aromatic carbocycles. The first-order valence-electron chi connectivity index (χ1n) is 7.73. The minimum Gasteiger partial charge on any atom is -0.393 e. The molecule has 0 bridgehead atoms. The van der Waals surface area contributed by atoms with E-state index in [0.717, 1.165) is 6.42 Å². The molecule has 104 valence electrons. The summed E-state index contributed by atoms with van der Waals surface area (Å²) in [6, 6.07) is 0. The van der Waals surface area contributed by atoms with Gasteiger partial charge >= 0.3 is 0 Å². The monoisotopic (exact) mass is 242 g/mol. The fraction of sp³-hybridized carbons (Fsp3) is 1.00. The highest BCUT2D eigenvalue weighted by atomic mass is 16.3. The second-order valence-electron chi connectivity index (χ2n) is 5.76. The largest absolute Gasteiger partial charge is 0.393 e. The van der Waals surface area contributed by atoms with Crippen LogP contribution in [0.25, 0.3) is 0 Å². The molecule has 0 aliphatic carbocycles. The zero-order chi connectivity index (χ0) is 13.3. The van der Waals surface area contributed by atoms with E-state index in [-0.39, 0.29) is 11.5 Å². The predicted octanol–water partition coefficient (Wildman–Crippen LogP) is 5.17. The average Bonchev–Trinajstić information content (AvgIpc) is 2.30. The summed E-state index contributed by atoms with van der Waals surface area (Å²) in [4.78, 5) is 0. The van der Waals surface area contributed by atoms with Crippen LogP contribution in [0.3, 0.4) is 0 Å². The van der Waals surface area contributed by atoms with Gasteiger partial charge in [0.25, 0.3) is 0 Å². The Morgan fingerprint density at radius 3 is 1.94 bits per heavy atom. The van der Waals surface area contributed by atoms with Crippen LogP contribution in [0, 0.1) is 11.3 Å². The molecule has 0 aliphatic rings. The molecule has 0 aromatic heterocycles. The molecule has 0 saturated heterocycles. The van der Waals surface area contributed by atoms with Crippen molar-refractivity contribution in [3.8, 4) is 0 Å². The first kappa shape index (κ1) is 17.0. The smallest absolute Gasteiger partial charge is 0.0570 e. The molecule has 0 amide bonds. The van der Waals surface area contributed by atoms with Crippen LogP contribution in [-0.4, -0.2) is 11.2 Å². The van der Waals surface area contributed by atoms with Gasteiger partial charge in [0.2, 0.25) is 0 Å². The zero-order valence-corrected chi connectivity index (χ0v) is 12.8. The Kier molecular flexibility index (Phi) is 8.94. The molecule has 3 unspecified atom stereocenters. The lowest BCUT2D eigenvalue weighted by Gasteiger charge is -2.41. The van der Waals surface area contributed by atoms with Crippen LogP contribution in [0.2, 0.25) is 0 Å². The number of aliphatic hydroxyl groups excluding tert-OH is 1. The second-order valence-corrected chi connectivity index (χ2v) is 5.76. The van der Waals surface area contributed by atoms with Gasteiger partial charge in [0.1, 0.15) is 0 Å². The van der Waals surface area contributed by atoms with Gasteiger partial charge in [-0.25, -0.2) is 0 Å². The SMILES string of the molecule is CCCCCC(C)C(CC)(CCCC)C(C)O. The summed E-state index contributed by atoms with van der Waals surface area (Å²) in [6.45, 7) is 11.1. The standard InChI is InChI=1S/C16H34O/c1-6-9-11-12-14(4)16(8-3,15(5)17)13-10-7-2/h14-15,17H,6-13H2,1-5H3. The van der Waals surface area contributed by atoms with Gasteiger partial charge in [0, 0.05) is 0 Å². The van der Waals surface area contributed by atoms with Gasteiger partial charge in [-0.15, -0.1) is 0 Å². The third-order valence-electron chi connectivity index (χ3n) is 4.71. The van der Waals surface area contributed by atoms with Crippen molar-refractivity contribution in [3.05, 3.63) is 0 Å². The zero-order valence-electron chi connectivity index (χ0n) is 12.8. The summed E-state index contributed by atoms with van der Waals surface area (Å²) >= 11 is 0. The maximum Gasteiger partial charge on any atom is 0.0570 e. The van der Waals surface area contributed by atoms with Gasteiger partial charge in [-0.2, -0.15) is 0 Å². The molecule has 0 saturated carbocycles. The molecule has 0 aromatic rings. The number of rotatable bonds is 10. The van der Waals surface area contributed by atoms with E-state index in [1.165, 1.54) is 44.9 Å². The first-order valence-corrected chi connectivity index (χ1v) is 7.73. The molecule has 0 aliphatic heterocycles. The Labute approximate surface area is 109 Å². The van der Waals surface area contributed by atoms with Crippen molar-refractivity contribution in [2.75, 3.05) is 0 Å². The van der Waals surface area contributed by atoms with Crippen molar-refractivity contribution >= 4 is 0 Å². The Morgan fingerprint density at radius 1 is 0.941 bits per heavy atom. The van der Waals surface area contributed by atoms with Gasteiger partial charge in [-0.05, 0) is 31.1 Å². The second kappa shape index (κ2) is 8.97. The third-order valence-corrected chi connectivity index (χ3v) is 4.71. The van der Waals surface area contributed by atoms with Crippen LogP contribution >= 0.6 is 0 Å². The number of hydrogen-bond acceptors (Lipinski definition) is 1. The lowest BCUT2D eigenvalue weighted by molar-refractivity contribution is -0.0194. The van der Waals surface area contributed by atoms with Crippen LogP contribution < -0.4 is 0 Å². The van der Waals surface area contributed by atoms with E-state index in [4.69, 9.17) is 0 Å². The molecule has 0 radical (unpaired) electrons. The van der Waals surface area contributed by atoms with Crippen molar-refractivity contribution in [1.82, 2.24) is 0 Å². The van der Waals surface area contributed by atoms with Gasteiger partial charge in [-0.1, -0.05) is 66.2 Å². The Morgan fingerprint density at radius 2 is 1.53 bits per heavy atom. The van der Waals surface area contributed by atoms with Crippen LogP contribution in [0.15, 0.2) is 0 Å². The minimum atomic E-state index is -0.171. The van der Waals surface area contributed by atoms with E-state index >= 15 is 0 Å². The quantitative estimate of drug-likeness (QED) is 0.524. The first-order chi connectivity index (χ1) is 8.05. The lowest BCUT2D eigenvalue weighted by atomic mass is 9.66. The highest BCUT2D eigenvalue weighted by Crippen LogP contribution is 2.42. The minimum absolute atomic E-state index is 0.156. The van der Waals surface area contributed by atoms with Crippen molar-refractivity contribution in [2.24, 2.45) is 11.3 Å². The van der Waals surface area contributed by atoms with Gasteiger partial charge in [0.05, 0.1) is 6.10 Å². The summed E-state index contributed by atoms with van der Waals surface area (Å²) in [5, 5.41) is 10.2. The maximum absolute atomic E-state index is 10.2. The normalized spacial score (nSPS) is 18.7. The summed E-state index contributed by atoms with van der Waals surface area (Å²) in [5.74, 6) is 0.644. The van der Waals surface area contributed by atoms with E-state index in [0.29, 0.717) is 5.92 Å². The van der Waals surface area contributed by atoms with Crippen molar-refractivity contribution in [1.29, 1.82) is 0 Å². The van der Waals surface area contributed by atoms with Crippen molar-refractivity contribution in [2.45, 2.75) is 92.1 Å². The molecule has 1 nitrogen and oxygen atoms in total. The maximum atomic E-state index is 10.2. The summed E-state index contributed by atoms with van der Waals surface area (Å²) in [7, 11) is 0. The van der Waals surface area contributed by atoms with E-state index in [1.807, 2.05) is 6.92 Å². The molecule has 0 rings (SSSR count). The van der Waals surface area contributed by atoms with Crippen LogP contribution in [-0.2, 0) is 0 Å². The Balaban J connectivity index is 4.51. The Hall–Kier alpha value is -0.0400.